The zero-order valence-corrected chi connectivity index (χ0v) is 14.0. The molecule has 0 heterocycles. The second-order valence-corrected chi connectivity index (χ2v) is 7.91. The molecule has 1 fully saturated rings. The molecule has 1 aliphatic carbocycles. The van der Waals surface area contributed by atoms with Crippen LogP contribution in [0.3, 0.4) is 0 Å². The van der Waals surface area contributed by atoms with Crippen LogP contribution in [0.15, 0.2) is 12.1 Å². The standard InChI is InChI=1S/C14H16BClF.Sn/c15-12-9-8-11(13(16)14(12)17)7-6-10-4-2-1-3-5-10;/h1,8-10H,2-7H2;. The van der Waals surface area contributed by atoms with Crippen LogP contribution in [-0.4, -0.2) is 30.4 Å². The van der Waals surface area contributed by atoms with Gasteiger partial charge in [0.2, 0.25) is 0 Å². The van der Waals surface area contributed by atoms with Crippen LogP contribution in [0, 0.1) is 11.7 Å². The summed E-state index contributed by atoms with van der Waals surface area (Å²) in [6.07, 6.45) is 7.36. The Balaban J connectivity index is 1.92. The Morgan fingerprint density at radius 3 is 2.61 bits per heavy atom. The van der Waals surface area contributed by atoms with Crippen molar-refractivity contribution in [3.8, 4) is 0 Å². The summed E-state index contributed by atoms with van der Waals surface area (Å²) in [7, 11) is 5.49. The van der Waals surface area contributed by atoms with Crippen molar-refractivity contribution in [2.45, 2.75) is 42.5 Å². The van der Waals surface area contributed by atoms with Crippen LogP contribution in [0.25, 0.3) is 0 Å². The summed E-state index contributed by atoms with van der Waals surface area (Å²) >= 11 is 7.67. The van der Waals surface area contributed by atoms with E-state index in [0.29, 0.717) is 0 Å². The van der Waals surface area contributed by atoms with Crippen molar-refractivity contribution in [2.75, 3.05) is 0 Å². The second kappa shape index (κ2) is 6.65. The van der Waals surface area contributed by atoms with Gasteiger partial charge in [0, 0.05) is 0 Å². The van der Waals surface area contributed by atoms with Crippen LogP contribution in [0.4, 0.5) is 4.39 Å². The summed E-state index contributed by atoms with van der Waals surface area (Å²) in [5.74, 6) is 0.328. The molecule has 0 aromatic heterocycles. The van der Waals surface area contributed by atoms with Gasteiger partial charge in [0.15, 0.2) is 0 Å². The summed E-state index contributed by atoms with van der Waals surface area (Å²) < 4.78 is 14.5. The molecule has 18 heavy (non-hydrogen) atoms. The van der Waals surface area contributed by atoms with Crippen molar-refractivity contribution in [3.63, 3.8) is 0 Å². The van der Waals surface area contributed by atoms with Gasteiger partial charge in [0.05, 0.1) is 0 Å². The minimum absolute atomic E-state index is 0.137. The Kier molecular flexibility index (Phi) is 5.43. The van der Waals surface area contributed by atoms with E-state index in [1.54, 1.807) is 28.6 Å². The first-order chi connectivity index (χ1) is 8.58. The second-order valence-electron chi connectivity index (χ2n) is 5.20. The number of halogens is 2. The molecule has 5 radical (unpaired) electrons. The maximum absolute atomic E-state index is 13.6. The van der Waals surface area contributed by atoms with E-state index in [2.05, 4.69) is 0 Å². The van der Waals surface area contributed by atoms with Gasteiger partial charge in [-0.2, -0.15) is 0 Å². The molecule has 0 spiro atoms. The van der Waals surface area contributed by atoms with E-state index in [9.17, 15) is 4.39 Å². The first-order valence-electron chi connectivity index (χ1n) is 6.51. The third kappa shape index (κ3) is 3.66. The molecule has 0 aliphatic heterocycles. The average molecular weight is 368 g/mol. The van der Waals surface area contributed by atoms with Gasteiger partial charge in [0.1, 0.15) is 0 Å². The summed E-state index contributed by atoms with van der Waals surface area (Å²) in [5, 5.41) is 0.212. The molecule has 1 aliphatic rings. The van der Waals surface area contributed by atoms with Crippen LogP contribution in [0.2, 0.25) is 8.96 Å². The number of hydrogen-bond donors (Lipinski definition) is 0. The molecule has 0 bridgehead atoms. The van der Waals surface area contributed by atoms with E-state index < -0.39 is 5.82 Å². The van der Waals surface area contributed by atoms with E-state index in [4.69, 9.17) is 19.4 Å². The van der Waals surface area contributed by atoms with Crippen LogP contribution in [0.1, 0.15) is 37.7 Å². The van der Waals surface area contributed by atoms with Crippen molar-refractivity contribution in [1.82, 2.24) is 0 Å². The number of hydrogen-bond acceptors (Lipinski definition) is 0. The van der Waals surface area contributed by atoms with Gasteiger partial charge in [0.25, 0.3) is 0 Å². The fourth-order valence-corrected chi connectivity index (χ4v) is 3.83. The van der Waals surface area contributed by atoms with Gasteiger partial charge in [-0.25, -0.2) is 0 Å². The van der Waals surface area contributed by atoms with E-state index in [0.717, 1.165) is 28.3 Å². The zero-order chi connectivity index (χ0) is 13.1. The van der Waals surface area contributed by atoms with Gasteiger partial charge in [-0.15, -0.1) is 0 Å². The SMILES string of the molecule is [B]c1ccc(CCC2CC[CH]([Sn])CC2)c(Cl)c1F. The van der Waals surface area contributed by atoms with Gasteiger partial charge in [-0.05, 0) is 0 Å². The normalized spacial score (nSPS) is 24.2. The number of aryl methyl sites for hydroxylation is 1. The van der Waals surface area contributed by atoms with Crippen LogP contribution in [-0.2, 0) is 6.42 Å². The number of rotatable bonds is 3. The topological polar surface area (TPSA) is 0 Å². The van der Waals surface area contributed by atoms with Crippen molar-refractivity contribution >= 4 is 47.4 Å². The Bertz CT molecular complexity index is 417. The number of benzene rings is 1. The molecule has 93 valence electrons. The molecule has 2 rings (SSSR count). The van der Waals surface area contributed by atoms with Crippen molar-refractivity contribution in [2.24, 2.45) is 5.92 Å². The molecule has 0 saturated heterocycles. The molecule has 1 aromatic rings. The molecule has 0 unspecified atom stereocenters. The zero-order valence-electron chi connectivity index (χ0n) is 10.4. The molecule has 1 aromatic carbocycles. The van der Waals surface area contributed by atoms with E-state index >= 15 is 0 Å². The third-order valence-electron chi connectivity index (χ3n) is 3.86. The van der Waals surface area contributed by atoms with Crippen LogP contribution >= 0.6 is 11.6 Å². The molecule has 0 N–H and O–H groups in total. The third-order valence-corrected chi connectivity index (χ3v) is 5.92. The van der Waals surface area contributed by atoms with Gasteiger partial charge in [-0.1, -0.05) is 0 Å². The van der Waals surface area contributed by atoms with Gasteiger partial charge < -0.3 is 0 Å². The van der Waals surface area contributed by atoms with E-state index in [1.165, 1.54) is 25.7 Å². The van der Waals surface area contributed by atoms with E-state index in [-0.39, 0.29) is 10.5 Å². The summed E-state index contributed by atoms with van der Waals surface area (Å²) in [5.41, 5.74) is 1.03. The Labute approximate surface area is 128 Å². The average Bonchev–Trinajstić information content (AvgIpc) is 2.37. The molecule has 0 amide bonds. The van der Waals surface area contributed by atoms with Gasteiger partial charge in [-0.3, -0.25) is 0 Å². The summed E-state index contributed by atoms with van der Waals surface area (Å²) in [6.45, 7) is 0. The first-order valence-corrected chi connectivity index (χ1v) is 8.54. The quantitative estimate of drug-likeness (QED) is 0.718. The fraction of sp³-hybridized carbons (Fsp3) is 0.571. The van der Waals surface area contributed by atoms with Gasteiger partial charge >= 0.3 is 129 Å². The van der Waals surface area contributed by atoms with E-state index in [1.807, 2.05) is 6.07 Å². The van der Waals surface area contributed by atoms with Crippen molar-refractivity contribution < 1.29 is 4.39 Å². The molecule has 0 nitrogen and oxygen atoms in total. The monoisotopic (exact) mass is 369 g/mol. The first kappa shape index (κ1) is 14.7. The predicted octanol–water partition coefficient (Wildman–Crippen LogP) is 3.35. The molecule has 4 heteroatoms. The minimum atomic E-state index is -0.463. The molecule has 1 saturated carbocycles. The predicted molar refractivity (Wildman–Crippen MR) is 76.6 cm³/mol. The molecule has 0 atom stereocenters. The van der Waals surface area contributed by atoms with Crippen molar-refractivity contribution in [1.29, 1.82) is 0 Å². The summed E-state index contributed by atoms with van der Waals surface area (Å²) in [6, 6.07) is 3.47. The Morgan fingerprint density at radius 1 is 1.28 bits per heavy atom. The Morgan fingerprint density at radius 2 is 1.94 bits per heavy atom. The van der Waals surface area contributed by atoms with Crippen LogP contribution in [0.5, 0.6) is 0 Å². The van der Waals surface area contributed by atoms with Crippen molar-refractivity contribution in [3.05, 3.63) is 28.5 Å². The molecular weight excluding hydrogens is 352 g/mol. The van der Waals surface area contributed by atoms with Crippen LogP contribution < -0.4 is 5.46 Å². The fourth-order valence-electron chi connectivity index (χ4n) is 2.61. The summed E-state index contributed by atoms with van der Waals surface area (Å²) in [4.78, 5) is 0. The Hall–Kier alpha value is 0.304. The maximum atomic E-state index is 13.6. The molecular formula is C14H16BClFSn.